The molecule has 0 aliphatic carbocycles. The molecule has 1 aromatic carbocycles. The van der Waals surface area contributed by atoms with Gasteiger partial charge in [0.25, 0.3) is 0 Å². The van der Waals surface area contributed by atoms with Gasteiger partial charge in [0.2, 0.25) is 5.91 Å². The number of nitrogens with zero attached hydrogens (tertiary/aromatic N) is 1. The molecule has 0 radical (unpaired) electrons. The fourth-order valence-electron chi connectivity index (χ4n) is 2.26. The molecule has 1 aliphatic rings. The van der Waals surface area contributed by atoms with Crippen molar-refractivity contribution >= 4 is 30.0 Å². The van der Waals surface area contributed by atoms with Crippen LogP contribution in [0.4, 0.5) is 14.5 Å². The Balaban J connectivity index is 0.00000220. The van der Waals surface area contributed by atoms with Gasteiger partial charge in [0.1, 0.15) is 17.7 Å². The molecule has 2 N–H and O–H groups in total. The van der Waals surface area contributed by atoms with E-state index in [1.165, 1.54) is 4.90 Å². The van der Waals surface area contributed by atoms with Crippen LogP contribution in [0.15, 0.2) is 18.2 Å². The van der Waals surface area contributed by atoms with Gasteiger partial charge >= 0.3 is 5.97 Å². The molecule has 0 bridgehead atoms. The number of anilines is 1. The zero-order chi connectivity index (χ0) is 14.7. The molecule has 1 saturated heterocycles. The number of aliphatic carboxylic acids is 1. The van der Waals surface area contributed by atoms with Gasteiger partial charge in [-0.05, 0) is 31.5 Å². The van der Waals surface area contributed by atoms with Gasteiger partial charge in [-0.3, -0.25) is 14.5 Å². The topological polar surface area (TPSA) is 69.6 Å². The minimum Gasteiger partial charge on any atom is -0.480 e. The fraction of sp³-hybridized carbons (Fsp3) is 0.385. The number of halogens is 3. The van der Waals surface area contributed by atoms with Crippen molar-refractivity contribution in [1.29, 1.82) is 0 Å². The standard InChI is InChI=1S/C13H14F2N2O3.ClH/c14-8-3-4-10(9(15)6-8)16-12(18)7-17-5-1-2-11(17)13(19)20;/h3-4,6,11H,1-2,5,7H2,(H,16,18)(H,19,20);1H. The van der Waals surface area contributed by atoms with Gasteiger partial charge in [-0.2, -0.15) is 0 Å². The van der Waals surface area contributed by atoms with Crippen molar-refractivity contribution in [2.75, 3.05) is 18.4 Å². The first-order valence-electron chi connectivity index (χ1n) is 6.19. The number of carbonyl (C=O) groups is 2. The van der Waals surface area contributed by atoms with Crippen molar-refractivity contribution in [3.8, 4) is 0 Å². The highest BCUT2D eigenvalue weighted by molar-refractivity contribution is 5.92. The minimum absolute atomic E-state index is 0. The summed E-state index contributed by atoms with van der Waals surface area (Å²) in [5.41, 5.74) is -0.123. The molecule has 2 rings (SSSR count). The van der Waals surface area contributed by atoms with Crippen molar-refractivity contribution in [1.82, 2.24) is 4.90 Å². The van der Waals surface area contributed by atoms with Gasteiger partial charge in [-0.1, -0.05) is 0 Å². The molecule has 5 nitrogen and oxygen atoms in total. The lowest BCUT2D eigenvalue weighted by atomic mass is 10.2. The number of benzene rings is 1. The van der Waals surface area contributed by atoms with Crippen molar-refractivity contribution in [3.05, 3.63) is 29.8 Å². The van der Waals surface area contributed by atoms with Gasteiger partial charge < -0.3 is 10.4 Å². The molecule has 1 aromatic rings. The SMILES string of the molecule is Cl.O=C(CN1CCCC1C(=O)O)Nc1ccc(F)cc1F. The van der Waals surface area contributed by atoms with Crippen LogP contribution >= 0.6 is 12.4 Å². The lowest BCUT2D eigenvalue weighted by Crippen LogP contribution is -2.41. The van der Waals surface area contributed by atoms with E-state index in [0.29, 0.717) is 25.5 Å². The van der Waals surface area contributed by atoms with Crippen molar-refractivity contribution < 1.29 is 23.5 Å². The number of amides is 1. The summed E-state index contributed by atoms with van der Waals surface area (Å²) >= 11 is 0. The molecule has 0 spiro atoms. The molecular weight excluding hydrogens is 306 g/mol. The second kappa shape index (κ2) is 7.33. The van der Waals surface area contributed by atoms with E-state index in [1.807, 2.05) is 0 Å². The average Bonchev–Trinajstić information content (AvgIpc) is 2.81. The zero-order valence-electron chi connectivity index (χ0n) is 11.0. The highest BCUT2D eigenvalue weighted by Crippen LogP contribution is 2.18. The van der Waals surface area contributed by atoms with Crippen LogP contribution in [0.1, 0.15) is 12.8 Å². The Morgan fingerprint density at radius 1 is 1.38 bits per heavy atom. The van der Waals surface area contributed by atoms with E-state index in [1.54, 1.807) is 0 Å². The highest BCUT2D eigenvalue weighted by Gasteiger charge is 2.31. The number of likely N-dealkylation sites (tertiary alicyclic amines) is 1. The normalized spacial score (nSPS) is 18.1. The first-order chi connectivity index (χ1) is 9.47. The third-order valence-corrected chi connectivity index (χ3v) is 3.20. The first-order valence-corrected chi connectivity index (χ1v) is 6.19. The molecule has 1 heterocycles. The third kappa shape index (κ3) is 4.37. The van der Waals surface area contributed by atoms with Crippen molar-refractivity contribution in [2.24, 2.45) is 0 Å². The van der Waals surface area contributed by atoms with Gasteiger partial charge in [-0.15, -0.1) is 12.4 Å². The summed E-state index contributed by atoms with van der Waals surface area (Å²) in [6, 6.07) is 2.15. The fourth-order valence-corrected chi connectivity index (χ4v) is 2.26. The van der Waals surface area contributed by atoms with E-state index >= 15 is 0 Å². The van der Waals surface area contributed by atoms with E-state index in [0.717, 1.165) is 12.1 Å². The summed E-state index contributed by atoms with van der Waals surface area (Å²) in [6.07, 6.45) is 1.20. The molecule has 0 aromatic heterocycles. The summed E-state index contributed by atoms with van der Waals surface area (Å²) < 4.78 is 26.1. The minimum atomic E-state index is -0.969. The molecule has 1 amide bonds. The number of carboxylic acids is 1. The van der Waals surface area contributed by atoms with Crippen LogP contribution in [-0.2, 0) is 9.59 Å². The second-order valence-corrected chi connectivity index (χ2v) is 4.64. The van der Waals surface area contributed by atoms with Gasteiger partial charge in [0.15, 0.2) is 0 Å². The van der Waals surface area contributed by atoms with Crippen LogP contribution in [0, 0.1) is 11.6 Å². The molecule has 1 aliphatic heterocycles. The second-order valence-electron chi connectivity index (χ2n) is 4.64. The smallest absolute Gasteiger partial charge is 0.320 e. The lowest BCUT2D eigenvalue weighted by Gasteiger charge is -2.20. The molecule has 8 heteroatoms. The Morgan fingerprint density at radius 3 is 2.71 bits per heavy atom. The largest absolute Gasteiger partial charge is 0.480 e. The summed E-state index contributed by atoms with van der Waals surface area (Å²) in [5, 5.41) is 11.3. The van der Waals surface area contributed by atoms with Gasteiger partial charge in [-0.25, -0.2) is 8.78 Å². The molecule has 21 heavy (non-hydrogen) atoms. The number of hydrogen-bond acceptors (Lipinski definition) is 3. The van der Waals surface area contributed by atoms with Crippen LogP contribution in [0.5, 0.6) is 0 Å². The number of hydrogen-bond donors (Lipinski definition) is 2. The zero-order valence-corrected chi connectivity index (χ0v) is 11.8. The molecule has 116 valence electrons. The summed E-state index contributed by atoms with van der Waals surface area (Å²) in [7, 11) is 0. The Labute approximate surface area is 126 Å². The van der Waals surface area contributed by atoms with Crippen molar-refractivity contribution in [2.45, 2.75) is 18.9 Å². The van der Waals surface area contributed by atoms with E-state index < -0.39 is 29.6 Å². The molecule has 0 saturated carbocycles. The third-order valence-electron chi connectivity index (χ3n) is 3.20. The van der Waals surface area contributed by atoms with Crippen LogP contribution in [0.3, 0.4) is 0 Å². The maximum absolute atomic E-state index is 13.4. The first kappa shape index (κ1) is 17.3. The number of carboxylic acid groups (broad SMARTS) is 1. The Morgan fingerprint density at radius 2 is 2.10 bits per heavy atom. The van der Waals surface area contributed by atoms with Crippen molar-refractivity contribution in [3.63, 3.8) is 0 Å². The molecule has 1 unspecified atom stereocenters. The van der Waals surface area contributed by atoms with Crippen LogP contribution < -0.4 is 5.32 Å². The van der Waals surface area contributed by atoms with E-state index in [4.69, 9.17) is 5.11 Å². The molecular formula is C13H15ClF2N2O3. The van der Waals surface area contributed by atoms with Gasteiger partial charge in [0.05, 0.1) is 12.2 Å². The van der Waals surface area contributed by atoms with Crippen LogP contribution in [0.2, 0.25) is 0 Å². The quantitative estimate of drug-likeness (QED) is 0.888. The average molecular weight is 321 g/mol. The number of nitrogens with one attached hydrogen (secondary N) is 1. The highest BCUT2D eigenvalue weighted by atomic mass is 35.5. The molecule has 1 atom stereocenters. The Hall–Kier alpha value is -1.73. The van der Waals surface area contributed by atoms with E-state index in [-0.39, 0.29) is 24.6 Å². The summed E-state index contributed by atoms with van der Waals surface area (Å²) in [4.78, 5) is 24.3. The number of carbonyl (C=O) groups excluding carboxylic acids is 1. The monoisotopic (exact) mass is 320 g/mol. The Kier molecular flexibility index (Phi) is 6.04. The van der Waals surface area contributed by atoms with Crippen LogP contribution in [0.25, 0.3) is 0 Å². The predicted octanol–water partition coefficient (Wildman–Crippen LogP) is 1.87. The van der Waals surface area contributed by atoms with E-state index in [9.17, 15) is 18.4 Å². The maximum atomic E-state index is 13.4. The summed E-state index contributed by atoms with van der Waals surface area (Å²) in [5.74, 6) is -3.09. The van der Waals surface area contributed by atoms with Gasteiger partial charge in [0, 0.05) is 6.07 Å². The lowest BCUT2D eigenvalue weighted by molar-refractivity contribution is -0.142. The molecule has 1 fully saturated rings. The van der Waals surface area contributed by atoms with E-state index in [2.05, 4.69) is 5.32 Å². The Bertz CT molecular complexity index is 542. The van der Waals surface area contributed by atoms with Crippen LogP contribution in [-0.4, -0.2) is 41.0 Å². The summed E-state index contributed by atoms with van der Waals surface area (Å²) in [6.45, 7) is 0.379. The number of rotatable bonds is 4. The predicted molar refractivity (Wildman–Crippen MR) is 74.5 cm³/mol. The maximum Gasteiger partial charge on any atom is 0.320 e.